The fraction of sp³-hybridized carbons (Fsp3) is 0.250. The molecule has 1 aliphatic rings. The van der Waals surface area contributed by atoms with E-state index < -0.39 is 4.92 Å². The van der Waals surface area contributed by atoms with Crippen LogP contribution in [-0.4, -0.2) is 34.2 Å². The number of aryl methyl sites for hydroxylation is 1. The minimum atomic E-state index is -0.511. The number of nitro groups is 1. The van der Waals surface area contributed by atoms with E-state index in [0.29, 0.717) is 70.9 Å². The van der Waals surface area contributed by atoms with Crippen molar-refractivity contribution in [1.82, 2.24) is 10.3 Å². The zero-order valence-electron chi connectivity index (χ0n) is 21.7. The number of nitrogen functional groups attached to an aromatic ring is 1. The summed E-state index contributed by atoms with van der Waals surface area (Å²) in [6.07, 6.45) is 4.12. The summed E-state index contributed by atoms with van der Waals surface area (Å²) in [6, 6.07) is 11.3. The average molecular weight is 531 g/mol. The number of aromatic nitrogens is 1. The molecule has 1 aliphatic heterocycles. The molecule has 0 spiro atoms. The molecule has 39 heavy (non-hydrogen) atoms. The molecule has 3 aromatic rings. The highest BCUT2D eigenvalue weighted by molar-refractivity contribution is 6.35. The number of nitrogens with zero attached hydrogens (tertiary/aromatic N) is 1. The first-order chi connectivity index (χ1) is 18.7. The second-order valence-corrected chi connectivity index (χ2v) is 9.36. The van der Waals surface area contributed by atoms with Crippen molar-refractivity contribution in [2.45, 2.75) is 39.5 Å². The number of unbranched alkanes of at least 4 members (excludes halogenated alkanes) is 2. The van der Waals surface area contributed by atoms with E-state index in [1.165, 1.54) is 18.2 Å². The highest BCUT2D eigenvalue weighted by atomic mass is 16.6. The summed E-state index contributed by atoms with van der Waals surface area (Å²) in [5, 5.41) is 19.6. The van der Waals surface area contributed by atoms with Gasteiger partial charge in [-0.1, -0.05) is 18.6 Å². The summed E-state index contributed by atoms with van der Waals surface area (Å²) in [5.41, 5.74) is 10.4. The maximum Gasteiger partial charge on any atom is 0.270 e. The topological polar surface area (TPSA) is 172 Å². The van der Waals surface area contributed by atoms with Crippen molar-refractivity contribution in [3.05, 3.63) is 80.7 Å². The monoisotopic (exact) mass is 530 g/mol. The van der Waals surface area contributed by atoms with Gasteiger partial charge in [0.05, 0.1) is 27.4 Å². The highest BCUT2D eigenvalue weighted by Gasteiger charge is 2.27. The predicted octanol–water partition coefficient (Wildman–Crippen LogP) is 4.54. The van der Waals surface area contributed by atoms with Crippen LogP contribution in [0.4, 0.5) is 22.7 Å². The molecule has 0 saturated carbocycles. The number of amides is 3. The lowest BCUT2D eigenvalue weighted by molar-refractivity contribution is -0.384. The van der Waals surface area contributed by atoms with Crippen LogP contribution in [0.2, 0.25) is 0 Å². The number of carbonyl (C=O) groups excluding carboxylic acids is 3. The molecular formula is C28H30N6O5. The summed E-state index contributed by atoms with van der Waals surface area (Å²) in [6.45, 7) is 4.01. The van der Waals surface area contributed by atoms with Crippen molar-refractivity contribution in [1.29, 1.82) is 0 Å². The van der Waals surface area contributed by atoms with Crippen molar-refractivity contribution >= 4 is 52.1 Å². The quantitative estimate of drug-likeness (QED) is 0.0846. The van der Waals surface area contributed by atoms with E-state index in [2.05, 4.69) is 20.9 Å². The fourth-order valence-electron chi connectivity index (χ4n) is 4.54. The second kappa shape index (κ2) is 11.6. The van der Waals surface area contributed by atoms with Gasteiger partial charge in [-0.25, -0.2) is 0 Å². The Bertz CT molecular complexity index is 1490. The molecule has 2 aromatic carbocycles. The van der Waals surface area contributed by atoms with Gasteiger partial charge in [0.2, 0.25) is 5.91 Å². The summed E-state index contributed by atoms with van der Waals surface area (Å²) in [7, 11) is 0. The maximum absolute atomic E-state index is 12.9. The van der Waals surface area contributed by atoms with Crippen molar-refractivity contribution in [2.24, 2.45) is 0 Å². The molecule has 11 nitrogen and oxygen atoms in total. The van der Waals surface area contributed by atoms with E-state index in [4.69, 9.17) is 5.73 Å². The zero-order valence-corrected chi connectivity index (χ0v) is 21.7. The molecule has 0 atom stereocenters. The number of carbonyl (C=O) groups is 3. The van der Waals surface area contributed by atoms with Gasteiger partial charge in [0, 0.05) is 47.7 Å². The molecule has 11 heteroatoms. The number of aromatic amines is 1. The number of H-pyrrole nitrogens is 1. The van der Waals surface area contributed by atoms with Crippen molar-refractivity contribution in [3.8, 4) is 0 Å². The number of anilines is 3. The average Bonchev–Trinajstić information content (AvgIpc) is 3.36. The molecular weight excluding hydrogens is 500 g/mol. The van der Waals surface area contributed by atoms with Gasteiger partial charge in [-0.05, 0) is 56.5 Å². The minimum Gasteiger partial charge on any atom is -0.397 e. The minimum absolute atomic E-state index is 0.106. The lowest BCUT2D eigenvalue weighted by Gasteiger charge is -2.08. The van der Waals surface area contributed by atoms with Crippen LogP contribution >= 0.6 is 0 Å². The number of nitrogens with two attached hydrogens (primary N) is 1. The Morgan fingerprint density at radius 1 is 1.10 bits per heavy atom. The second-order valence-electron chi connectivity index (χ2n) is 9.36. The smallest absolute Gasteiger partial charge is 0.270 e. The van der Waals surface area contributed by atoms with Crippen LogP contribution in [0.5, 0.6) is 0 Å². The van der Waals surface area contributed by atoms with Gasteiger partial charge < -0.3 is 26.7 Å². The van der Waals surface area contributed by atoms with E-state index in [1.807, 2.05) is 0 Å². The first-order valence-electron chi connectivity index (χ1n) is 12.6. The van der Waals surface area contributed by atoms with Gasteiger partial charge in [-0.2, -0.15) is 0 Å². The first-order valence-corrected chi connectivity index (χ1v) is 12.6. The SMILES string of the molecule is Cc1[nH]c(/C=C2\C(=O)Nc3ccc([N+](=O)[O-])cc32)c(C)c1C(=O)NCCCCCC(=O)Nc1ccccc1N. The van der Waals surface area contributed by atoms with Gasteiger partial charge in [0.1, 0.15) is 0 Å². The van der Waals surface area contributed by atoms with E-state index >= 15 is 0 Å². The van der Waals surface area contributed by atoms with Gasteiger partial charge in [0.15, 0.2) is 0 Å². The van der Waals surface area contributed by atoms with Crippen LogP contribution in [0.3, 0.4) is 0 Å². The van der Waals surface area contributed by atoms with Gasteiger partial charge in [0.25, 0.3) is 17.5 Å². The standard InChI is InChI=1S/C28H30N6O5/c1-16-24(15-20-19-14-18(34(38)39)11-12-22(19)33-27(20)36)31-17(2)26(16)28(37)30-13-7-3-4-10-25(35)32-23-9-6-5-8-21(23)29/h5-6,8-9,11-12,14-15,31H,3-4,7,10,13,29H2,1-2H3,(H,30,37)(H,32,35)(H,33,36)/b20-15-. The fourth-order valence-corrected chi connectivity index (χ4v) is 4.54. The Labute approximate surface area is 225 Å². The van der Waals surface area contributed by atoms with Gasteiger partial charge >= 0.3 is 0 Å². The molecule has 0 aliphatic carbocycles. The highest BCUT2D eigenvalue weighted by Crippen LogP contribution is 2.36. The Kier molecular flexibility index (Phi) is 8.09. The van der Waals surface area contributed by atoms with Crippen molar-refractivity contribution in [3.63, 3.8) is 0 Å². The third-order valence-corrected chi connectivity index (χ3v) is 6.59. The number of fused-ring (bicyclic) bond motifs is 1. The van der Waals surface area contributed by atoms with E-state index in [1.54, 1.807) is 44.2 Å². The normalized spacial score (nSPS) is 13.2. The molecule has 0 unspecified atom stereocenters. The molecule has 1 aromatic heterocycles. The Morgan fingerprint density at radius 3 is 2.62 bits per heavy atom. The van der Waals surface area contributed by atoms with E-state index in [0.717, 1.165) is 6.42 Å². The van der Waals surface area contributed by atoms with Crippen LogP contribution < -0.4 is 21.7 Å². The number of non-ortho nitro benzene ring substituents is 1. The van der Waals surface area contributed by atoms with Gasteiger partial charge in [-0.15, -0.1) is 0 Å². The number of hydrogen-bond donors (Lipinski definition) is 5. The van der Waals surface area contributed by atoms with E-state index in [9.17, 15) is 24.5 Å². The molecule has 0 saturated heterocycles. The summed E-state index contributed by atoms with van der Waals surface area (Å²) in [4.78, 5) is 51.4. The molecule has 0 radical (unpaired) electrons. The maximum atomic E-state index is 12.9. The number of nitrogens with one attached hydrogen (secondary N) is 4. The molecule has 3 amide bonds. The van der Waals surface area contributed by atoms with Crippen molar-refractivity contribution < 1.29 is 19.3 Å². The number of hydrogen-bond acceptors (Lipinski definition) is 6. The third kappa shape index (κ3) is 6.15. The predicted molar refractivity (Wildman–Crippen MR) is 150 cm³/mol. The lowest BCUT2D eigenvalue weighted by Crippen LogP contribution is -2.25. The largest absolute Gasteiger partial charge is 0.397 e. The summed E-state index contributed by atoms with van der Waals surface area (Å²) >= 11 is 0. The third-order valence-electron chi connectivity index (χ3n) is 6.59. The Morgan fingerprint density at radius 2 is 1.87 bits per heavy atom. The van der Waals surface area contributed by atoms with Crippen LogP contribution in [0.1, 0.15) is 58.6 Å². The first kappa shape index (κ1) is 27.1. The lowest BCUT2D eigenvalue weighted by atomic mass is 10.0. The van der Waals surface area contributed by atoms with E-state index in [-0.39, 0.29) is 29.0 Å². The summed E-state index contributed by atoms with van der Waals surface area (Å²) < 4.78 is 0. The molecule has 4 rings (SSSR count). The zero-order chi connectivity index (χ0) is 28.1. The number of rotatable bonds is 10. The number of benzene rings is 2. The summed E-state index contributed by atoms with van der Waals surface area (Å²) in [5.74, 6) is -0.718. The number of nitro benzene ring substituents is 1. The van der Waals surface area contributed by atoms with Crippen LogP contribution in [0, 0.1) is 24.0 Å². The van der Waals surface area contributed by atoms with Gasteiger partial charge in [-0.3, -0.25) is 24.5 Å². The van der Waals surface area contributed by atoms with Crippen LogP contribution in [-0.2, 0) is 9.59 Å². The van der Waals surface area contributed by atoms with Crippen molar-refractivity contribution in [2.75, 3.05) is 22.9 Å². The Balaban J connectivity index is 1.32. The molecule has 0 fully saturated rings. The Hall–Kier alpha value is -4.93. The number of para-hydroxylation sites is 2. The van der Waals surface area contributed by atoms with Crippen LogP contribution in [0.25, 0.3) is 11.6 Å². The molecule has 2 heterocycles. The van der Waals surface area contributed by atoms with Crippen LogP contribution in [0.15, 0.2) is 42.5 Å². The molecule has 0 bridgehead atoms. The molecule has 6 N–H and O–H groups in total. The molecule has 202 valence electrons.